The lowest BCUT2D eigenvalue weighted by Gasteiger charge is -2.47. The first-order valence-corrected chi connectivity index (χ1v) is 7.59. The van der Waals surface area contributed by atoms with Gasteiger partial charge in [0.15, 0.2) is 0 Å². The maximum Gasteiger partial charge on any atom is 0.0720 e. The highest BCUT2D eigenvalue weighted by Gasteiger charge is 2.44. The summed E-state index contributed by atoms with van der Waals surface area (Å²) in [6.07, 6.45) is 5.33. The first kappa shape index (κ1) is 14.6. The molecule has 0 radical (unpaired) electrons. The van der Waals surface area contributed by atoms with E-state index in [1.807, 2.05) is 0 Å². The molecule has 2 rings (SSSR count). The van der Waals surface area contributed by atoms with Crippen molar-refractivity contribution in [2.24, 2.45) is 11.3 Å². The molecule has 19 heavy (non-hydrogen) atoms. The van der Waals surface area contributed by atoms with Crippen LogP contribution in [0.5, 0.6) is 0 Å². The van der Waals surface area contributed by atoms with Crippen molar-refractivity contribution in [2.45, 2.75) is 65.4 Å². The second-order valence-electron chi connectivity index (χ2n) is 7.43. The average Bonchev–Trinajstić information content (AvgIpc) is 2.27. The van der Waals surface area contributed by atoms with Crippen molar-refractivity contribution in [2.75, 3.05) is 0 Å². The third kappa shape index (κ3) is 3.39. The molecule has 0 aromatic heterocycles. The molecule has 106 valence electrons. The van der Waals surface area contributed by atoms with E-state index in [0.717, 1.165) is 25.7 Å². The Morgan fingerprint density at radius 2 is 2.00 bits per heavy atom. The van der Waals surface area contributed by atoms with Crippen LogP contribution >= 0.6 is 0 Å². The van der Waals surface area contributed by atoms with Crippen molar-refractivity contribution in [3.8, 4) is 0 Å². The summed E-state index contributed by atoms with van der Waals surface area (Å²) >= 11 is 0. The first-order chi connectivity index (χ1) is 8.81. The molecule has 0 aliphatic heterocycles. The normalized spacial score (nSPS) is 28.4. The van der Waals surface area contributed by atoms with Crippen LogP contribution in [0.15, 0.2) is 24.3 Å². The minimum atomic E-state index is -0.524. The van der Waals surface area contributed by atoms with Crippen molar-refractivity contribution < 1.29 is 5.11 Å². The van der Waals surface area contributed by atoms with Crippen molar-refractivity contribution in [3.05, 3.63) is 35.4 Å². The van der Waals surface area contributed by atoms with Gasteiger partial charge in [0.05, 0.1) is 5.60 Å². The number of aryl methyl sites for hydroxylation is 1. The first-order valence-electron chi connectivity index (χ1n) is 7.59. The topological polar surface area (TPSA) is 20.2 Å². The number of hydrogen-bond acceptors (Lipinski definition) is 1. The van der Waals surface area contributed by atoms with Gasteiger partial charge < -0.3 is 5.11 Å². The predicted octanol–water partition coefficient (Wildman–Crippen LogP) is 4.50. The highest BCUT2D eigenvalue weighted by Crippen LogP contribution is 2.45. The van der Waals surface area contributed by atoms with E-state index >= 15 is 0 Å². The summed E-state index contributed by atoms with van der Waals surface area (Å²) in [4.78, 5) is 0. The maximum absolute atomic E-state index is 11.2. The Morgan fingerprint density at radius 3 is 2.63 bits per heavy atom. The zero-order valence-electron chi connectivity index (χ0n) is 12.9. The van der Waals surface area contributed by atoms with Crippen molar-refractivity contribution in [1.82, 2.24) is 0 Å². The van der Waals surface area contributed by atoms with Gasteiger partial charge in [0, 0.05) is 6.42 Å². The Hall–Kier alpha value is -0.820. The Kier molecular flexibility index (Phi) is 4.06. The van der Waals surface area contributed by atoms with Crippen molar-refractivity contribution in [3.63, 3.8) is 0 Å². The molecule has 0 saturated heterocycles. The third-order valence-corrected chi connectivity index (χ3v) is 4.64. The van der Waals surface area contributed by atoms with Gasteiger partial charge in [0.1, 0.15) is 0 Å². The summed E-state index contributed by atoms with van der Waals surface area (Å²) in [5.74, 6) is 0.397. The van der Waals surface area contributed by atoms with Crippen molar-refractivity contribution >= 4 is 0 Å². The highest BCUT2D eigenvalue weighted by molar-refractivity contribution is 5.24. The van der Waals surface area contributed by atoms with Gasteiger partial charge in [0.25, 0.3) is 0 Å². The van der Waals surface area contributed by atoms with Gasteiger partial charge in [-0.3, -0.25) is 0 Å². The smallest absolute Gasteiger partial charge is 0.0720 e. The summed E-state index contributed by atoms with van der Waals surface area (Å²) in [6.45, 7) is 8.92. The molecule has 1 aromatic carbocycles. The van der Waals surface area contributed by atoms with Gasteiger partial charge in [-0.2, -0.15) is 0 Å². The standard InChI is InChI=1S/C18H28O/c1-14-8-7-9-15(12-14)13-18(19)11-6-5-10-16(18)17(2,3)4/h7-9,12,16,19H,5-6,10-11,13H2,1-4H3. The lowest BCUT2D eigenvalue weighted by Crippen LogP contribution is -2.48. The van der Waals surface area contributed by atoms with Crippen LogP contribution in [-0.2, 0) is 6.42 Å². The third-order valence-electron chi connectivity index (χ3n) is 4.64. The molecule has 1 aliphatic carbocycles. The maximum atomic E-state index is 11.2. The van der Waals surface area contributed by atoms with Gasteiger partial charge in [0.2, 0.25) is 0 Å². The van der Waals surface area contributed by atoms with E-state index in [4.69, 9.17) is 0 Å². The van der Waals surface area contributed by atoms with Crippen LogP contribution in [-0.4, -0.2) is 10.7 Å². The van der Waals surface area contributed by atoms with Crippen LogP contribution in [0.1, 0.15) is 57.6 Å². The lowest BCUT2D eigenvalue weighted by atomic mass is 9.62. The molecule has 0 amide bonds. The number of benzene rings is 1. The molecule has 0 heterocycles. The average molecular weight is 260 g/mol. The van der Waals surface area contributed by atoms with Gasteiger partial charge in [-0.05, 0) is 36.7 Å². The second kappa shape index (κ2) is 5.28. The predicted molar refractivity (Wildman–Crippen MR) is 81.2 cm³/mol. The lowest BCUT2D eigenvalue weighted by molar-refractivity contribution is -0.0889. The molecule has 0 spiro atoms. The summed E-state index contributed by atoms with van der Waals surface area (Å²) in [5.41, 5.74) is 2.21. The molecule has 1 saturated carbocycles. The molecule has 0 bridgehead atoms. The van der Waals surface area contributed by atoms with E-state index in [2.05, 4.69) is 52.0 Å². The molecular weight excluding hydrogens is 232 g/mol. The van der Waals surface area contributed by atoms with Crippen LogP contribution in [0.3, 0.4) is 0 Å². The molecule has 1 aliphatic rings. The van der Waals surface area contributed by atoms with E-state index in [1.54, 1.807) is 0 Å². The highest BCUT2D eigenvalue weighted by atomic mass is 16.3. The van der Waals surface area contributed by atoms with Gasteiger partial charge in [-0.15, -0.1) is 0 Å². The van der Waals surface area contributed by atoms with Gasteiger partial charge >= 0.3 is 0 Å². The van der Waals surface area contributed by atoms with E-state index in [0.29, 0.717) is 5.92 Å². The zero-order valence-corrected chi connectivity index (χ0v) is 12.9. The van der Waals surface area contributed by atoms with Crippen LogP contribution < -0.4 is 0 Å². The summed E-state index contributed by atoms with van der Waals surface area (Å²) in [5, 5.41) is 11.2. The fourth-order valence-corrected chi connectivity index (χ4v) is 3.85. The monoisotopic (exact) mass is 260 g/mol. The van der Waals surface area contributed by atoms with Crippen molar-refractivity contribution in [1.29, 1.82) is 0 Å². The number of rotatable bonds is 2. The van der Waals surface area contributed by atoms with E-state index in [1.165, 1.54) is 17.5 Å². The quantitative estimate of drug-likeness (QED) is 0.829. The van der Waals surface area contributed by atoms with Crippen LogP contribution in [0.25, 0.3) is 0 Å². The molecule has 1 heteroatoms. The van der Waals surface area contributed by atoms with E-state index in [9.17, 15) is 5.11 Å². The molecule has 2 unspecified atom stereocenters. The summed E-state index contributed by atoms with van der Waals surface area (Å²) < 4.78 is 0. The van der Waals surface area contributed by atoms with Crippen LogP contribution in [0.2, 0.25) is 0 Å². The summed E-state index contributed by atoms with van der Waals surface area (Å²) in [6, 6.07) is 8.59. The fraction of sp³-hybridized carbons (Fsp3) is 0.667. The molecular formula is C18H28O. The van der Waals surface area contributed by atoms with E-state index in [-0.39, 0.29) is 5.41 Å². The molecule has 2 atom stereocenters. The van der Waals surface area contributed by atoms with Gasteiger partial charge in [-0.1, -0.05) is 63.4 Å². The Balaban J connectivity index is 2.23. The Bertz CT molecular complexity index is 430. The second-order valence-corrected chi connectivity index (χ2v) is 7.43. The SMILES string of the molecule is Cc1cccc(CC2(O)CCCCC2C(C)(C)C)c1. The van der Waals surface area contributed by atoms with Crippen LogP contribution in [0.4, 0.5) is 0 Å². The zero-order chi connectivity index (χ0) is 14.1. The number of hydrogen-bond donors (Lipinski definition) is 1. The minimum absolute atomic E-state index is 0.180. The Labute approximate surface area is 118 Å². The minimum Gasteiger partial charge on any atom is -0.389 e. The Morgan fingerprint density at radius 1 is 1.26 bits per heavy atom. The molecule has 1 fully saturated rings. The van der Waals surface area contributed by atoms with Gasteiger partial charge in [-0.25, -0.2) is 0 Å². The largest absolute Gasteiger partial charge is 0.389 e. The fourth-order valence-electron chi connectivity index (χ4n) is 3.85. The molecule has 1 aromatic rings. The van der Waals surface area contributed by atoms with E-state index < -0.39 is 5.60 Å². The summed E-state index contributed by atoms with van der Waals surface area (Å²) in [7, 11) is 0. The number of aliphatic hydroxyl groups is 1. The molecule has 1 N–H and O–H groups in total. The van der Waals surface area contributed by atoms with Crippen LogP contribution in [0, 0.1) is 18.3 Å². The molecule has 1 nitrogen and oxygen atoms in total.